The first-order chi connectivity index (χ1) is 8.11. The third-order valence-corrected chi connectivity index (χ3v) is 1.79. The van der Waals surface area contributed by atoms with E-state index in [4.69, 9.17) is 28.2 Å². The van der Waals surface area contributed by atoms with Gasteiger partial charge >= 0.3 is 0 Å². The summed E-state index contributed by atoms with van der Waals surface area (Å²) in [6, 6.07) is 0. The topological polar surface area (TPSA) is 86.1 Å². The summed E-state index contributed by atoms with van der Waals surface area (Å²) in [5.74, 6) is 0. The van der Waals surface area contributed by atoms with Crippen molar-refractivity contribution >= 4 is 29.2 Å². The monoisotopic (exact) mass is 250 g/mol. The fraction of sp³-hybridized carbons (Fsp3) is 0.0833. The number of nitrogens with zero attached hydrogens (tertiary/aromatic N) is 1. The molecule has 0 amide bonds. The molecule has 1 aliphatic rings. The van der Waals surface area contributed by atoms with Crippen LogP contribution in [0.3, 0.4) is 0 Å². The van der Waals surface area contributed by atoms with Crippen molar-refractivity contribution in [3.8, 4) is 0 Å². The first-order valence-corrected chi connectivity index (χ1v) is 5.18. The van der Waals surface area contributed by atoms with Crippen molar-refractivity contribution < 1.29 is 0 Å². The molecular formula is C12H15ClN4. The van der Waals surface area contributed by atoms with E-state index in [9.17, 15) is 0 Å². The lowest BCUT2D eigenvalue weighted by molar-refractivity contribution is 1.48. The van der Waals surface area contributed by atoms with E-state index >= 15 is 0 Å². The van der Waals surface area contributed by atoms with Crippen LogP contribution in [0.4, 0.5) is 0 Å². The zero-order chi connectivity index (χ0) is 13.1. The van der Waals surface area contributed by atoms with Gasteiger partial charge < -0.3 is 5.73 Å². The smallest absolute Gasteiger partial charge is 0.0804 e. The van der Waals surface area contributed by atoms with Gasteiger partial charge in [0.25, 0.3) is 0 Å². The van der Waals surface area contributed by atoms with E-state index in [1.165, 1.54) is 18.4 Å². The van der Waals surface area contributed by atoms with E-state index in [0.717, 1.165) is 0 Å². The first-order valence-electron chi connectivity index (χ1n) is 4.80. The maximum absolute atomic E-state index is 7.09. The number of halogens is 1. The molecular weight excluding hydrogens is 236 g/mol. The molecule has 0 saturated carbocycles. The summed E-state index contributed by atoms with van der Waals surface area (Å²) in [5.41, 5.74) is 5.41. The number of aliphatic imine (C=N–C) groups is 1. The van der Waals surface area contributed by atoms with E-state index in [1.807, 2.05) is 12.2 Å². The number of nitrogens with one attached hydrogen (secondary N) is 2. The molecule has 0 spiro atoms. The molecule has 0 heterocycles. The predicted molar refractivity (Wildman–Crippen MR) is 75.4 cm³/mol. The van der Waals surface area contributed by atoms with E-state index < -0.39 is 0 Å². The average Bonchev–Trinajstić information content (AvgIpc) is 2.31. The second kappa shape index (κ2) is 9.30. The molecule has 0 aromatic heterocycles. The average molecular weight is 251 g/mol. The molecule has 0 fully saturated rings. The molecule has 0 radical (unpaired) electrons. The molecule has 0 saturated heterocycles. The van der Waals surface area contributed by atoms with E-state index in [2.05, 4.69) is 4.99 Å². The summed E-state index contributed by atoms with van der Waals surface area (Å²) >= 11 is 5.51. The Morgan fingerprint density at radius 1 is 1.18 bits per heavy atom. The van der Waals surface area contributed by atoms with Crippen LogP contribution in [0.2, 0.25) is 0 Å². The maximum atomic E-state index is 7.09. The summed E-state index contributed by atoms with van der Waals surface area (Å²) in [5, 5.41) is 14.7. The van der Waals surface area contributed by atoms with Crippen molar-refractivity contribution in [3.05, 3.63) is 47.7 Å². The van der Waals surface area contributed by atoms with Crippen molar-refractivity contribution in [1.82, 2.24) is 0 Å². The van der Waals surface area contributed by atoms with E-state index in [0.29, 0.717) is 5.03 Å². The molecule has 4 nitrogen and oxygen atoms in total. The molecule has 1 aliphatic carbocycles. The van der Waals surface area contributed by atoms with Gasteiger partial charge in [0.05, 0.1) is 11.4 Å². The van der Waals surface area contributed by atoms with Crippen LogP contribution in [0.1, 0.15) is 0 Å². The van der Waals surface area contributed by atoms with Crippen LogP contribution in [0.15, 0.2) is 52.7 Å². The predicted octanol–water partition coefficient (Wildman–Crippen LogP) is 2.43. The Morgan fingerprint density at radius 3 is 2.35 bits per heavy atom. The first kappa shape index (κ1) is 15.1. The SMILES string of the molecule is CN=C/C=C\C=C\N.N=C1C=CC(Cl)=CC1=N. The molecule has 0 aromatic carbocycles. The summed E-state index contributed by atoms with van der Waals surface area (Å²) in [4.78, 5) is 3.72. The van der Waals surface area contributed by atoms with Gasteiger partial charge in [-0.05, 0) is 36.6 Å². The Kier molecular flexibility index (Phi) is 8.24. The molecule has 0 unspecified atom stereocenters. The lowest BCUT2D eigenvalue weighted by Gasteiger charge is -2.00. The van der Waals surface area contributed by atoms with Gasteiger partial charge in [-0.3, -0.25) is 15.8 Å². The van der Waals surface area contributed by atoms with Crippen LogP contribution in [0.25, 0.3) is 0 Å². The minimum atomic E-state index is 0.169. The van der Waals surface area contributed by atoms with Crippen LogP contribution in [-0.2, 0) is 0 Å². The van der Waals surface area contributed by atoms with Gasteiger partial charge in [-0.15, -0.1) is 0 Å². The summed E-state index contributed by atoms with van der Waals surface area (Å²) in [6.45, 7) is 0. The molecule has 17 heavy (non-hydrogen) atoms. The molecule has 0 aliphatic heterocycles. The lowest BCUT2D eigenvalue weighted by Crippen LogP contribution is -2.08. The van der Waals surface area contributed by atoms with Crippen LogP contribution in [0.5, 0.6) is 0 Å². The second-order valence-corrected chi connectivity index (χ2v) is 3.30. The summed E-state index contributed by atoms with van der Waals surface area (Å²) in [6.07, 6.45) is 13.1. The minimum absolute atomic E-state index is 0.169. The standard InChI is InChI=1S/C6H5ClN2.C6H10N2/c7-4-1-2-5(8)6(9)3-4;1-8-6-4-2-3-5-7/h1-3,8-9H;2-6H,7H2,1H3/b;4-2-,5-3+,8-6?. The van der Waals surface area contributed by atoms with E-state index in [1.54, 1.807) is 25.4 Å². The number of hydrogen-bond acceptors (Lipinski definition) is 4. The fourth-order valence-corrected chi connectivity index (χ4v) is 0.953. The van der Waals surface area contributed by atoms with Gasteiger partial charge in [0.15, 0.2) is 0 Å². The lowest BCUT2D eigenvalue weighted by atomic mass is 10.1. The van der Waals surface area contributed by atoms with Crippen molar-refractivity contribution in [2.24, 2.45) is 10.7 Å². The Labute approximate surface area is 106 Å². The Bertz CT molecular complexity index is 400. The third-order valence-electron chi connectivity index (χ3n) is 1.55. The molecule has 0 aromatic rings. The summed E-state index contributed by atoms with van der Waals surface area (Å²) in [7, 11) is 1.72. The van der Waals surface area contributed by atoms with Gasteiger partial charge in [0.1, 0.15) is 0 Å². The fourth-order valence-electron chi connectivity index (χ4n) is 0.781. The number of hydrogen-bond donors (Lipinski definition) is 3. The molecule has 0 atom stereocenters. The zero-order valence-corrected chi connectivity index (χ0v) is 10.3. The minimum Gasteiger partial charge on any atom is -0.405 e. The zero-order valence-electron chi connectivity index (χ0n) is 9.52. The van der Waals surface area contributed by atoms with Crippen LogP contribution in [-0.4, -0.2) is 24.7 Å². The van der Waals surface area contributed by atoms with Gasteiger partial charge in [-0.25, -0.2) is 0 Å². The molecule has 90 valence electrons. The van der Waals surface area contributed by atoms with Crippen molar-refractivity contribution in [1.29, 1.82) is 10.8 Å². The number of rotatable bonds is 2. The third kappa shape index (κ3) is 7.93. The highest BCUT2D eigenvalue weighted by Crippen LogP contribution is 2.08. The highest BCUT2D eigenvalue weighted by atomic mass is 35.5. The largest absolute Gasteiger partial charge is 0.405 e. The van der Waals surface area contributed by atoms with Crippen LogP contribution in [0, 0.1) is 10.8 Å². The molecule has 0 bridgehead atoms. The van der Waals surface area contributed by atoms with Gasteiger partial charge in [-0.1, -0.05) is 17.7 Å². The number of allylic oxidation sites excluding steroid dienone is 7. The van der Waals surface area contributed by atoms with Gasteiger partial charge in [0.2, 0.25) is 0 Å². The van der Waals surface area contributed by atoms with Crippen molar-refractivity contribution in [3.63, 3.8) is 0 Å². The van der Waals surface area contributed by atoms with E-state index in [-0.39, 0.29) is 11.4 Å². The Hall–Kier alpha value is -1.94. The van der Waals surface area contributed by atoms with Gasteiger partial charge in [-0.2, -0.15) is 0 Å². The summed E-state index contributed by atoms with van der Waals surface area (Å²) < 4.78 is 0. The maximum Gasteiger partial charge on any atom is 0.0804 e. The van der Waals surface area contributed by atoms with Crippen molar-refractivity contribution in [2.45, 2.75) is 0 Å². The number of nitrogens with two attached hydrogens (primary N) is 1. The Morgan fingerprint density at radius 2 is 1.88 bits per heavy atom. The Balaban J connectivity index is 0.000000304. The highest BCUT2D eigenvalue weighted by Gasteiger charge is 2.03. The molecule has 5 heteroatoms. The molecule has 4 N–H and O–H groups in total. The quantitative estimate of drug-likeness (QED) is 0.392. The normalized spacial score (nSPS) is 15.5. The van der Waals surface area contributed by atoms with Gasteiger partial charge in [0, 0.05) is 18.3 Å². The second-order valence-electron chi connectivity index (χ2n) is 2.87. The van der Waals surface area contributed by atoms with Crippen molar-refractivity contribution in [2.75, 3.05) is 7.05 Å². The van der Waals surface area contributed by atoms with Crippen LogP contribution < -0.4 is 5.73 Å². The highest BCUT2D eigenvalue weighted by molar-refractivity contribution is 6.51. The van der Waals surface area contributed by atoms with Crippen LogP contribution >= 0.6 is 11.6 Å². The molecule has 1 rings (SSSR count).